The lowest BCUT2D eigenvalue weighted by Crippen LogP contribution is -2.13. The predicted octanol–water partition coefficient (Wildman–Crippen LogP) is 3.51. The quantitative estimate of drug-likeness (QED) is 0.776. The number of carbonyl (C=O) groups excluding carboxylic acids is 1. The number of nitrogens with two attached hydrogens (primary N) is 1. The van der Waals surface area contributed by atoms with Crippen LogP contribution in [0.15, 0.2) is 60.9 Å². The number of amides is 1. The average molecular weight is 291 g/mol. The molecule has 0 spiro atoms. The van der Waals surface area contributed by atoms with Gasteiger partial charge in [-0.05, 0) is 41.5 Å². The van der Waals surface area contributed by atoms with Crippen LogP contribution in [0.2, 0.25) is 0 Å². The summed E-state index contributed by atoms with van der Waals surface area (Å²) in [5.74, 6) is -0.140. The number of nitrogens with one attached hydrogen (secondary N) is 1. The molecule has 110 valence electrons. The molecule has 1 atom stereocenters. The summed E-state index contributed by atoms with van der Waals surface area (Å²) in [5, 5.41) is 4.81. The maximum Gasteiger partial charge on any atom is 0.256 e. The van der Waals surface area contributed by atoms with E-state index in [4.69, 9.17) is 5.73 Å². The molecular formula is C18H17N3O. The Bertz CT molecular complexity index is 813. The van der Waals surface area contributed by atoms with Gasteiger partial charge >= 0.3 is 0 Å². The van der Waals surface area contributed by atoms with Gasteiger partial charge in [-0.1, -0.05) is 30.3 Å². The first kappa shape index (κ1) is 14.2. The highest BCUT2D eigenvalue weighted by atomic mass is 16.1. The van der Waals surface area contributed by atoms with Gasteiger partial charge in [-0.2, -0.15) is 0 Å². The second-order valence-electron chi connectivity index (χ2n) is 5.23. The lowest BCUT2D eigenvalue weighted by atomic mass is 9.96. The van der Waals surface area contributed by atoms with Crippen LogP contribution in [-0.2, 0) is 0 Å². The fourth-order valence-corrected chi connectivity index (χ4v) is 2.55. The number of benzene rings is 2. The van der Waals surface area contributed by atoms with Crippen molar-refractivity contribution in [3.63, 3.8) is 0 Å². The standard InChI is InChI=1S/C18H17N3O/c1-12(19)14-6-7-17(16-5-3-2-4-15(14)16)18(22)21-13-8-10-20-11-9-13/h2-12H,19H2,1H3,(H,20,21,22). The highest BCUT2D eigenvalue weighted by Gasteiger charge is 2.13. The van der Waals surface area contributed by atoms with Gasteiger partial charge in [0.15, 0.2) is 0 Å². The van der Waals surface area contributed by atoms with Gasteiger partial charge in [0.25, 0.3) is 5.91 Å². The Kier molecular flexibility index (Phi) is 3.85. The van der Waals surface area contributed by atoms with E-state index in [1.54, 1.807) is 24.5 Å². The first-order valence-corrected chi connectivity index (χ1v) is 7.15. The molecule has 0 aliphatic rings. The smallest absolute Gasteiger partial charge is 0.256 e. The third-order valence-corrected chi connectivity index (χ3v) is 3.63. The summed E-state index contributed by atoms with van der Waals surface area (Å²) < 4.78 is 0. The van der Waals surface area contributed by atoms with Gasteiger partial charge in [0.2, 0.25) is 0 Å². The van der Waals surface area contributed by atoms with Gasteiger partial charge in [-0.15, -0.1) is 0 Å². The summed E-state index contributed by atoms with van der Waals surface area (Å²) in [6, 6.07) is 15.0. The van der Waals surface area contributed by atoms with Crippen molar-refractivity contribution in [3.8, 4) is 0 Å². The number of hydrogen-bond acceptors (Lipinski definition) is 3. The third kappa shape index (κ3) is 2.69. The van der Waals surface area contributed by atoms with Crippen LogP contribution in [0.4, 0.5) is 5.69 Å². The molecule has 3 aromatic rings. The topological polar surface area (TPSA) is 68.0 Å². The number of hydrogen-bond donors (Lipinski definition) is 2. The van der Waals surface area contributed by atoms with E-state index in [-0.39, 0.29) is 11.9 Å². The molecule has 1 amide bonds. The fourth-order valence-electron chi connectivity index (χ4n) is 2.55. The summed E-state index contributed by atoms with van der Waals surface area (Å²) in [6.07, 6.45) is 3.29. The van der Waals surface area contributed by atoms with Crippen LogP contribution in [-0.4, -0.2) is 10.9 Å². The highest BCUT2D eigenvalue weighted by Crippen LogP contribution is 2.26. The molecule has 1 aromatic heterocycles. The number of nitrogens with zero attached hydrogens (tertiary/aromatic N) is 1. The maximum atomic E-state index is 12.5. The zero-order valence-electron chi connectivity index (χ0n) is 12.3. The summed E-state index contributed by atoms with van der Waals surface area (Å²) in [7, 11) is 0. The molecule has 0 radical (unpaired) electrons. The largest absolute Gasteiger partial charge is 0.324 e. The van der Waals surface area contributed by atoms with Crippen LogP contribution >= 0.6 is 0 Å². The van der Waals surface area contributed by atoms with Crippen LogP contribution in [0.1, 0.15) is 28.9 Å². The van der Waals surface area contributed by atoms with Crippen LogP contribution in [0.5, 0.6) is 0 Å². The molecule has 0 aliphatic heterocycles. The zero-order chi connectivity index (χ0) is 15.5. The Morgan fingerprint density at radius 3 is 2.41 bits per heavy atom. The van der Waals surface area contributed by atoms with E-state index in [2.05, 4.69) is 10.3 Å². The molecule has 3 N–H and O–H groups in total. The Balaban J connectivity index is 2.04. The number of rotatable bonds is 3. The number of pyridine rings is 1. The Morgan fingerprint density at radius 1 is 1.05 bits per heavy atom. The minimum atomic E-state index is -0.140. The lowest BCUT2D eigenvalue weighted by molar-refractivity contribution is 0.102. The Hall–Kier alpha value is -2.72. The minimum absolute atomic E-state index is 0.0813. The summed E-state index contributed by atoms with van der Waals surface area (Å²) in [4.78, 5) is 16.5. The van der Waals surface area contributed by atoms with Crippen molar-refractivity contribution in [1.29, 1.82) is 0 Å². The molecule has 0 fully saturated rings. The lowest BCUT2D eigenvalue weighted by Gasteiger charge is -2.13. The van der Waals surface area contributed by atoms with E-state index in [0.29, 0.717) is 5.56 Å². The van der Waals surface area contributed by atoms with E-state index >= 15 is 0 Å². The highest BCUT2D eigenvalue weighted by molar-refractivity contribution is 6.13. The molecule has 22 heavy (non-hydrogen) atoms. The summed E-state index contributed by atoms with van der Waals surface area (Å²) in [5.41, 5.74) is 8.42. The number of fused-ring (bicyclic) bond motifs is 1. The van der Waals surface area contributed by atoms with Crippen molar-refractivity contribution in [3.05, 3.63) is 72.1 Å². The molecule has 0 bridgehead atoms. The molecule has 0 saturated carbocycles. The second kappa shape index (κ2) is 5.95. The Labute approximate surface area is 129 Å². The first-order chi connectivity index (χ1) is 10.7. The van der Waals surface area contributed by atoms with Crippen molar-refractivity contribution < 1.29 is 4.79 Å². The minimum Gasteiger partial charge on any atom is -0.324 e. The van der Waals surface area contributed by atoms with E-state index in [9.17, 15) is 4.79 Å². The zero-order valence-corrected chi connectivity index (χ0v) is 12.3. The molecule has 0 saturated heterocycles. The molecule has 4 nitrogen and oxygen atoms in total. The molecule has 1 unspecified atom stereocenters. The van der Waals surface area contributed by atoms with Gasteiger partial charge in [-0.25, -0.2) is 0 Å². The van der Waals surface area contributed by atoms with Crippen molar-refractivity contribution in [2.75, 3.05) is 5.32 Å². The summed E-state index contributed by atoms with van der Waals surface area (Å²) >= 11 is 0. The fraction of sp³-hybridized carbons (Fsp3) is 0.111. The SMILES string of the molecule is CC(N)c1ccc(C(=O)Nc2ccncc2)c2ccccc12. The van der Waals surface area contributed by atoms with Crippen LogP contribution in [0.25, 0.3) is 10.8 Å². The average Bonchev–Trinajstić information content (AvgIpc) is 2.54. The monoisotopic (exact) mass is 291 g/mol. The van der Waals surface area contributed by atoms with Gasteiger partial charge < -0.3 is 11.1 Å². The van der Waals surface area contributed by atoms with Gasteiger partial charge in [-0.3, -0.25) is 9.78 Å². The second-order valence-corrected chi connectivity index (χ2v) is 5.23. The molecule has 2 aromatic carbocycles. The van der Waals surface area contributed by atoms with Crippen molar-refractivity contribution in [2.24, 2.45) is 5.73 Å². The van der Waals surface area contributed by atoms with Gasteiger partial charge in [0.1, 0.15) is 0 Å². The number of anilines is 1. The first-order valence-electron chi connectivity index (χ1n) is 7.15. The van der Waals surface area contributed by atoms with E-state index in [0.717, 1.165) is 22.0 Å². The summed E-state index contributed by atoms with van der Waals surface area (Å²) in [6.45, 7) is 1.94. The van der Waals surface area contributed by atoms with Crippen molar-refractivity contribution in [2.45, 2.75) is 13.0 Å². The normalized spacial score (nSPS) is 12.1. The van der Waals surface area contributed by atoms with E-state index in [1.807, 2.05) is 43.3 Å². The van der Waals surface area contributed by atoms with Gasteiger partial charge in [0, 0.05) is 29.7 Å². The maximum absolute atomic E-state index is 12.5. The van der Waals surface area contributed by atoms with E-state index in [1.165, 1.54) is 0 Å². The number of aromatic nitrogens is 1. The molecule has 0 aliphatic carbocycles. The molecular weight excluding hydrogens is 274 g/mol. The Morgan fingerprint density at radius 2 is 1.73 bits per heavy atom. The molecule has 3 rings (SSSR count). The molecule has 1 heterocycles. The predicted molar refractivity (Wildman–Crippen MR) is 88.7 cm³/mol. The van der Waals surface area contributed by atoms with Crippen LogP contribution in [0, 0.1) is 0 Å². The van der Waals surface area contributed by atoms with Gasteiger partial charge in [0.05, 0.1) is 0 Å². The van der Waals surface area contributed by atoms with E-state index < -0.39 is 0 Å². The van der Waals surface area contributed by atoms with Crippen LogP contribution in [0.3, 0.4) is 0 Å². The van der Waals surface area contributed by atoms with Crippen LogP contribution < -0.4 is 11.1 Å². The third-order valence-electron chi connectivity index (χ3n) is 3.63. The van der Waals surface area contributed by atoms with Crippen molar-refractivity contribution in [1.82, 2.24) is 4.98 Å². The van der Waals surface area contributed by atoms with Crippen molar-refractivity contribution >= 4 is 22.4 Å². The molecule has 4 heteroatoms. The number of carbonyl (C=O) groups is 1.